The Morgan fingerprint density at radius 3 is 2.22 bits per heavy atom. The summed E-state index contributed by atoms with van der Waals surface area (Å²) in [5.41, 5.74) is 6.52. The molecule has 2 aromatic rings. The van der Waals surface area contributed by atoms with E-state index >= 15 is 0 Å². The minimum Gasteiger partial charge on any atom is -0.461 e. The number of carbonyl (C=O) groups excluding carboxylic acids is 7. The Labute approximate surface area is 393 Å². The largest absolute Gasteiger partial charge is 0.461 e. The van der Waals surface area contributed by atoms with Crippen molar-refractivity contribution in [3.05, 3.63) is 53.9 Å². The Morgan fingerprint density at radius 2 is 1.54 bits per heavy atom. The van der Waals surface area contributed by atoms with Crippen molar-refractivity contribution in [2.24, 2.45) is 17.6 Å². The van der Waals surface area contributed by atoms with E-state index in [0.29, 0.717) is 95.7 Å². The molecule has 1 atom stereocenters. The van der Waals surface area contributed by atoms with Gasteiger partial charge in [0.2, 0.25) is 23.6 Å². The predicted molar refractivity (Wildman–Crippen MR) is 246 cm³/mol. The van der Waals surface area contributed by atoms with Gasteiger partial charge in [-0.15, -0.1) is 5.10 Å². The summed E-state index contributed by atoms with van der Waals surface area (Å²) in [6, 6.07) is 6.01. The number of aromatic nitrogens is 3. The van der Waals surface area contributed by atoms with Gasteiger partial charge in [-0.1, -0.05) is 24.3 Å². The van der Waals surface area contributed by atoms with Crippen molar-refractivity contribution in [1.82, 2.24) is 35.8 Å². The van der Waals surface area contributed by atoms with Crippen molar-refractivity contribution in [2.45, 2.75) is 136 Å². The molecule has 2 aliphatic rings. The Balaban J connectivity index is 1.04. The third kappa shape index (κ3) is 20.1. The van der Waals surface area contributed by atoms with Crippen molar-refractivity contribution in [3.63, 3.8) is 0 Å². The number of carbonyl (C=O) groups is 7. The Kier molecular flexibility index (Phi) is 22.0. The van der Waals surface area contributed by atoms with Crippen LogP contribution in [0.5, 0.6) is 0 Å². The first kappa shape index (κ1) is 54.0. The quantitative estimate of drug-likeness (QED) is 0.0429. The van der Waals surface area contributed by atoms with Gasteiger partial charge >= 0.3 is 5.97 Å². The van der Waals surface area contributed by atoms with Gasteiger partial charge in [-0.05, 0) is 116 Å². The highest BCUT2D eigenvalue weighted by Crippen LogP contribution is 2.30. The highest BCUT2D eigenvalue weighted by Gasteiger charge is 2.31. The van der Waals surface area contributed by atoms with E-state index in [2.05, 4.69) is 31.6 Å². The molecule has 1 aliphatic carbocycles. The number of amides is 6. The van der Waals surface area contributed by atoms with Crippen LogP contribution in [0.4, 0.5) is 5.69 Å². The summed E-state index contributed by atoms with van der Waals surface area (Å²) in [6.07, 6.45) is 10.4. The molecule has 20 heteroatoms. The molecule has 1 aromatic carbocycles. The number of hydrogen-bond acceptors (Lipinski definition) is 14. The molecular formula is C47H71N9O11. The summed E-state index contributed by atoms with van der Waals surface area (Å²) in [6.45, 7) is 11.6. The van der Waals surface area contributed by atoms with Gasteiger partial charge in [0, 0.05) is 43.3 Å². The molecule has 1 aliphatic heterocycles. The molecule has 20 nitrogen and oxygen atoms in total. The van der Waals surface area contributed by atoms with Crippen LogP contribution in [0.2, 0.25) is 0 Å². The Bertz CT molecular complexity index is 1960. The average Bonchev–Trinajstić information content (AvgIpc) is 3.88. The van der Waals surface area contributed by atoms with Crippen LogP contribution in [-0.2, 0) is 72.2 Å². The van der Waals surface area contributed by atoms with Crippen molar-refractivity contribution >= 4 is 47.1 Å². The first-order valence-electron chi connectivity index (χ1n) is 23.3. The number of unbranched alkanes of at least 4 members (excludes halogenated alkanes) is 1. The fourth-order valence-electron chi connectivity index (χ4n) is 7.43. The van der Waals surface area contributed by atoms with Crippen molar-refractivity contribution in [3.8, 4) is 0 Å². The van der Waals surface area contributed by atoms with E-state index in [4.69, 9.17) is 24.7 Å². The second-order valence-corrected chi connectivity index (χ2v) is 18.2. The van der Waals surface area contributed by atoms with Crippen LogP contribution in [-0.4, -0.2) is 125 Å². The fraction of sp³-hybridized carbons (Fsp3) is 0.638. The van der Waals surface area contributed by atoms with E-state index in [1.807, 2.05) is 27.7 Å². The molecule has 0 bridgehead atoms. The smallest absolute Gasteiger partial charge is 0.305 e. The lowest BCUT2D eigenvalue weighted by molar-refractivity contribution is -0.144. The predicted octanol–water partition coefficient (Wildman–Crippen LogP) is 2.83. The summed E-state index contributed by atoms with van der Waals surface area (Å²) >= 11 is 0. The molecule has 1 saturated carbocycles. The number of hydrogen-bond donors (Lipinski definition) is 5. The maximum Gasteiger partial charge on any atom is 0.305 e. The molecule has 1 fully saturated rings. The number of esters is 1. The summed E-state index contributed by atoms with van der Waals surface area (Å²) in [4.78, 5) is 87.6. The van der Waals surface area contributed by atoms with Crippen LogP contribution < -0.4 is 27.0 Å². The zero-order valence-electron chi connectivity index (χ0n) is 39.8. The second kappa shape index (κ2) is 27.3. The number of nitrogens with one attached hydrogen (secondary N) is 4. The maximum atomic E-state index is 13.1. The molecule has 4 rings (SSSR count). The molecule has 0 spiro atoms. The molecule has 1 aromatic heterocycles. The summed E-state index contributed by atoms with van der Waals surface area (Å²) in [5, 5.41) is 19.6. The van der Waals surface area contributed by atoms with Gasteiger partial charge in [0.05, 0.1) is 43.7 Å². The van der Waals surface area contributed by atoms with Gasteiger partial charge in [0.1, 0.15) is 31.6 Å². The maximum absolute atomic E-state index is 13.1. The van der Waals surface area contributed by atoms with Crippen LogP contribution in [0.1, 0.15) is 110 Å². The first-order valence-corrected chi connectivity index (χ1v) is 23.3. The SMILES string of the molecule is CCC(=O)OCc1ccc(NC(=O)[C@H](CCCCN)NC(=O)COCC(=O)NCCC(C)(C)OCCC(C)(C)OCCn2cc(CNC(=O)C3CCC(CN4C(=O)C=CC4=O)CC3)nn2)cc1. The number of nitrogens with zero attached hydrogens (tertiary/aromatic N) is 4. The number of nitrogens with two attached hydrogens (primary N) is 1. The average molecular weight is 938 g/mol. The zero-order valence-corrected chi connectivity index (χ0v) is 39.8. The normalized spacial score (nSPS) is 16.7. The standard InChI is InChI=1S/C47H71N9O11/c1-6-43(61)65-30-34-12-16-36(17-13-34)51-45(63)38(9-7-8-22-48)52-40(58)32-64-31-39(57)49-23-20-46(2,3)66-25-21-47(4,5)67-26-24-55-29-37(53-54-55)27-50-44(62)35-14-10-33(11-15-35)28-56-41(59)18-19-42(56)60/h12-13,16-19,29,33,35,38H,6-11,14-15,20-28,30-32,48H2,1-5H3,(H,49,57)(H,50,62)(H,51,63)(H,52,58)/t33?,35?,38-/m0/s1. The molecule has 67 heavy (non-hydrogen) atoms. The minimum atomic E-state index is -0.845. The third-order valence-electron chi connectivity index (χ3n) is 11.6. The van der Waals surface area contributed by atoms with Crippen molar-refractivity contribution < 1.29 is 52.5 Å². The third-order valence-corrected chi connectivity index (χ3v) is 11.6. The monoisotopic (exact) mass is 938 g/mol. The van der Waals surface area contributed by atoms with Gasteiger partial charge in [0.25, 0.3) is 11.8 Å². The molecular weight excluding hydrogens is 867 g/mol. The van der Waals surface area contributed by atoms with E-state index in [1.165, 1.54) is 17.1 Å². The van der Waals surface area contributed by atoms with Crippen molar-refractivity contribution in [1.29, 1.82) is 0 Å². The lowest BCUT2D eigenvalue weighted by Gasteiger charge is -2.30. The lowest BCUT2D eigenvalue weighted by atomic mass is 9.81. The van der Waals surface area contributed by atoms with Gasteiger partial charge in [-0.2, -0.15) is 0 Å². The highest BCUT2D eigenvalue weighted by molar-refractivity contribution is 6.12. The summed E-state index contributed by atoms with van der Waals surface area (Å²) in [7, 11) is 0. The summed E-state index contributed by atoms with van der Waals surface area (Å²) < 4.78 is 24.5. The van der Waals surface area contributed by atoms with Crippen LogP contribution in [0, 0.1) is 11.8 Å². The van der Waals surface area contributed by atoms with Crippen LogP contribution in [0.3, 0.4) is 0 Å². The molecule has 0 unspecified atom stereocenters. The minimum absolute atomic E-state index is 0.0342. The highest BCUT2D eigenvalue weighted by atomic mass is 16.5. The topological polar surface area (TPSA) is 264 Å². The van der Waals surface area contributed by atoms with Gasteiger partial charge in [0.15, 0.2) is 0 Å². The van der Waals surface area contributed by atoms with Crippen LogP contribution >= 0.6 is 0 Å². The molecule has 0 radical (unpaired) electrons. The van der Waals surface area contributed by atoms with Gasteiger partial charge < -0.3 is 45.9 Å². The van der Waals surface area contributed by atoms with Crippen LogP contribution in [0.15, 0.2) is 42.6 Å². The van der Waals surface area contributed by atoms with E-state index < -0.39 is 41.6 Å². The number of anilines is 1. The van der Waals surface area contributed by atoms with E-state index in [9.17, 15) is 33.6 Å². The molecule has 6 amide bonds. The summed E-state index contributed by atoms with van der Waals surface area (Å²) in [5.74, 6) is -2.14. The number of ether oxygens (including phenoxy) is 4. The molecule has 6 N–H and O–H groups in total. The fourth-order valence-corrected chi connectivity index (χ4v) is 7.43. The molecule has 2 heterocycles. The van der Waals surface area contributed by atoms with E-state index in [1.54, 1.807) is 42.1 Å². The van der Waals surface area contributed by atoms with E-state index in [0.717, 1.165) is 18.4 Å². The van der Waals surface area contributed by atoms with Gasteiger partial charge in [-0.25, -0.2) is 4.68 Å². The lowest BCUT2D eigenvalue weighted by Crippen LogP contribution is -2.45. The second-order valence-electron chi connectivity index (χ2n) is 18.2. The molecule has 0 saturated heterocycles. The number of imide groups is 1. The first-order chi connectivity index (χ1) is 32.0. The number of benzene rings is 1. The molecule has 370 valence electrons. The Hall–Kier alpha value is -5.57. The van der Waals surface area contributed by atoms with Crippen molar-refractivity contribution in [2.75, 3.05) is 51.4 Å². The van der Waals surface area contributed by atoms with E-state index in [-0.39, 0.29) is 61.7 Å². The van der Waals surface area contributed by atoms with Crippen LogP contribution in [0.25, 0.3) is 0 Å². The van der Waals surface area contributed by atoms with Gasteiger partial charge in [-0.3, -0.25) is 38.5 Å². The number of rotatable bonds is 30. The zero-order chi connectivity index (χ0) is 48.8. The Morgan fingerprint density at radius 1 is 0.866 bits per heavy atom.